The summed E-state index contributed by atoms with van der Waals surface area (Å²) in [5.41, 5.74) is 0.404. The first kappa shape index (κ1) is 16.2. The average Bonchev–Trinajstić information content (AvgIpc) is 2.82. The van der Waals surface area contributed by atoms with E-state index in [1.807, 2.05) is 6.92 Å². The van der Waals surface area contributed by atoms with Gasteiger partial charge in [-0.05, 0) is 30.8 Å². The quantitative estimate of drug-likeness (QED) is 0.801. The number of carbonyl (C=O) groups excluding carboxylic acids is 1. The highest BCUT2D eigenvalue weighted by Crippen LogP contribution is 2.24. The number of methoxy groups -OCH3 is 1. The van der Waals surface area contributed by atoms with Crippen molar-refractivity contribution in [2.24, 2.45) is 0 Å². The van der Waals surface area contributed by atoms with Crippen LogP contribution in [-0.2, 0) is 17.8 Å². The van der Waals surface area contributed by atoms with Crippen molar-refractivity contribution < 1.29 is 13.9 Å². The van der Waals surface area contributed by atoms with E-state index in [2.05, 4.69) is 15.5 Å². The topological polar surface area (TPSA) is 71.9 Å². The molecule has 0 radical (unpaired) electrons. The van der Waals surface area contributed by atoms with Gasteiger partial charge in [-0.3, -0.25) is 14.5 Å². The Morgan fingerprint density at radius 1 is 1.55 bits per heavy atom. The first-order valence-corrected chi connectivity index (χ1v) is 7.23. The van der Waals surface area contributed by atoms with Crippen LogP contribution in [0.4, 0.5) is 10.1 Å². The number of amides is 1. The minimum absolute atomic E-state index is 0.0329. The Hall–Kier alpha value is -2.22. The Kier molecular flexibility index (Phi) is 5.26. The third kappa shape index (κ3) is 3.70. The predicted octanol–water partition coefficient (Wildman–Crippen LogP) is 2.68. The zero-order valence-electron chi connectivity index (χ0n) is 12.4. The lowest BCUT2D eigenvalue weighted by Crippen LogP contribution is -2.20. The zero-order chi connectivity index (χ0) is 16.1. The Labute approximate surface area is 132 Å². The highest BCUT2D eigenvalue weighted by atomic mass is 32.1. The van der Waals surface area contributed by atoms with Gasteiger partial charge in [-0.2, -0.15) is 5.10 Å². The molecule has 0 fully saturated rings. The molecule has 2 N–H and O–H groups in total. The fourth-order valence-corrected chi connectivity index (χ4v) is 2.25. The Morgan fingerprint density at radius 2 is 2.32 bits per heavy atom. The first-order valence-electron chi connectivity index (χ1n) is 6.82. The molecule has 1 aromatic heterocycles. The Balaban J connectivity index is 2.14. The molecule has 1 amide bonds. The van der Waals surface area contributed by atoms with Gasteiger partial charge in [0.25, 0.3) is 0 Å². The molecule has 2 aromatic rings. The van der Waals surface area contributed by atoms with Crippen molar-refractivity contribution in [3.05, 3.63) is 34.6 Å². The van der Waals surface area contributed by atoms with Crippen LogP contribution in [0.3, 0.4) is 0 Å². The summed E-state index contributed by atoms with van der Waals surface area (Å²) in [6.45, 7) is 2.05. The highest BCUT2D eigenvalue weighted by molar-refractivity contribution is 7.71. The summed E-state index contributed by atoms with van der Waals surface area (Å²) in [5, 5.41) is 9.47. The van der Waals surface area contributed by atoms with Gasteiger partial charge in [0.1, 0.15) is 23.9 Å². The largest absolute Gasteiger partial charge is 0.494 e. The third-order valence-electron chi connectivity index (χ3n) is 3.05. The molecule has 1 aromatic carbocycles. The number of hydrogen-bond donors (Lipinski definition) is 2. The smallest absolute Gasteiger partial charge is 0.244 e. The average molecular weight is 324 g/mol. The van der Waals surface area contributed by atoms with Crippen LogP contribution in [0, 0.1) is 10.6 Å². The molecule has 0 atom stereocenters. The van der Waals surface area contributed by atoms with Crippen LogP contribution in [0.15, 0.2) is 18.2 Å². The third-order valence-corrected chi connectivity index (χ3v) is 3.36. The maximum Gasteiger partial charge on any atom is 0.244 e. The molecule has 0 saturated heterocycles. The number of nitrogens with zero attached hydrogens (tertiary/aromatic N) is 2. The molecule has 118 valence electrons. The lowest BCUT2D eigenvalue weighted by molar-refractivity contribution is -0.116. The summed E-state index contributed by atoms with van der Waals surface area (Å²) in [5.74, 6) is 0.267. The van der Waals surface area contributed by atoms with Gasteiger partial charge in [-0.15, -0.1) is 0 Å². The summed E-state index contributed by atoms with van der Waals surface area (Å²) >= 11 is 5.13. The van der Waals surface area contributed by atoms with E-state index in [1.165, 1.54) is 25.3 Å². The van der Waals surface area contributed by atoms with Crippen LogP contribution in [0.5, 0.6) is 5.75 Å². The standard InChI is InChI=1S/C14H17FN4O2S/c1-3-4-12-17-18-14(22)19(12)8-13(20)16-10-6-5-9(15)7-11(10)21-2/h5-7H,3-4,8H2,1-2H3,(H,16,20)(H,18,22). The number of halogens is 1. The van der Waals surface area contributed by atoms with Crippen molar-refractivity contribution >= 4 is 23.8 Å². The van der Waals surface area contributed by atoms with Crippen molar-refractivity contribution in [2.45, 2.75) is 26.3 Å². The molecule has 0 unspecified atom stereocenters. The maximum atomic E-state index is 13.1. The van der Waals surface area contributed by atoms with E-state index in [9.17, 15) is 9.18 Å². The second kappa shape index (κ2) is 7.17. The number of H-pyrrole nitrogens is 1. The van der Waals surface area contributed by atoms with E-state index < -0.39 is 5.82 Å². The molecule has 0 saturated carbocycles. The molecule has 0 aliphatic heterocycles. The number of aromatic amines is 1. The van der Waals surface area contributed by atoms with E-state index in [4.69, 9.17) is 17.0 Å². The summed E-state index contributed by atoms with van der Waals surface area (Å²) in [6, 6.07) is 3.92. The number of anilines is 1. The fraction of sp³-hybridized carbons (Fsp3) is 0.357. The van der Waals surface area contributed by atoms with E-state index in [1.54, 1.807) is 4.57 Å². The minimum atomic E-state index is -0.433. The zero-order valence-corrected chi connectivity index (χ0v) is 13.2. The van der Waals surface area contributed by atoms with Gasteiger partial charge in [0, 0.05) is 12.5 Å². The van der Waals surface area contributed by atoms with Crippen LogP contribution >= 0.6 is 12.2 Å². The van der Waals surface area contributed by atoms with E-state index in [-0.39, 0.29) is 18.2 Å². The molecule has 0 spiro atoms. The fourth-order valence-electron chi connectivity index (χ4n) is 2.03. The Bertz CT molecular complexity index is 726. The molecule has 1 heterocycles. The van der Waals surface area contributed by atoms with Crippen molar-refractivity contribution in [2.75, 3.05) is 12.4 Å². The predicted molar refractivity (Wildman–Crippen MR) is 83.0 cm³/mol. The number of aromatic nitrogens is 3. The van der Waals surface area contributed by atoms with Gasteiger partial charge in [0.05, 0.1) is 12.8 Å². The van der Waals surface area contributed by atoms with E-state index in [0.717, 1.165) is 18.7 Å². The molecule has 0 bridgehead atoms. The molecular formula is C14H17FN4O2S. The normalized spacial score (nSPS) is 10.5. The maximum absolute atomic E-state index is 13.1. The van der Waals surface area contributed by atoms with Crippen molar-refractivity contribution in [1.82, 2.24) is 14.8 Å². The lowest BCUT2D eigenvalue weighted by atomic mass is 10.2. The molecule has 0 aliphatic carbocycles. The number of hydrogen-bond acceptors (Lipinski definition) is 4. The lowest BCUT2D eigenvalue weighted by Gasteiger charge is -2.11. The van der Waals surface area contributed by atoms with Crippen LogP contribution in [0.25, 0.3) is 0 Å². The minimum Gasteiger partial charge on any atom is -0.494 e. The number of carbonyl (C=O) groups is 1. The summed E-state index contributed by atoms with van der Waals surface area (Å²) in [6.07, 6.45) is 1.62. The van der Waals surface area contributed by atoms with Crippen LogP contribution < -0.4 is 10.1 Å². The second-order valence-corrected chi connectivity index (χ2v) is 5.06. The molecular weight excluding hydrogens is 307 g/mol. The monoisotopic (exact) mass is 324 g/mol. The van der Waals surface area contributed by atoms with Crippen molar-refractivity contribution in [3.63, 3.8) is 0 Å². The van der Waals surface area contributed by atoms with Gasteiger partial charge in [-0.25, -0.2) is 4.39 Å². The van der Waals surface area contributed by atoms with Crippen molar-refractivity contribution in [1.29, 1.82) is 0 Å². The SMILES string of the molecule is CCCc1n[nH]c(=S)n1CC(=O)Nc1ccc(F)cc1OC. The van der Waals surface area contributed by atoms with Crippen LogP contribution in [-0.4, -0.2) is 27.8 Å². The van der Waals surface area contributed by atoms with Gasteiger partial charge < -0.3 is 10.1 Å². The molecule has 0 aliphatic rings. The number of aryl methyl sites for hydroxylation is 1. The summed E-state index contributed by atoms with van der Waals surface area (Å²) < 4.78 is 20.2. The molecule has 8 heteroatoms. The van der Waals surface area contributed by atoms with Gasteiger partial charge in [-0.1, -0.05) is 6.92 Å². The van der Waals surface area contributed by atoms with Gasteiger partial charge >= 0.3 is 0 Å². The highest BCUT2D eigenvalue weighted by Gasteiger charge is 2.12. The number of rotatable bonds is 6. The molecule has 22 heavy (non-hydrogen) atoms. The van der Waals surface area contributed by atoms with E-state index in [0.29, 0.717) is 10.5 Å². The van der Waals surface area contributed by atoms with Gasteiger partial charge in [0.15, 0.2) is 4.77 Å². The number of ether oxygens (including phenoxy) is 1. The Morgan fingerprint density at radius 3 is 3.00 bits per heavy atom. The van der Waals surface area contributed by atoms with Crippen LogP contribution in [0.2, 0.25) is 0 Å². The summed E-state index contributed by atoms with van der Waals surface area (Å²) in [7, 11) is 1.41. The molecule has 6 nitrogen and oxygen atoms in total. The van der Waals surface area contributed by atoms with Crippen LogP contribution in [0.1, 0.15) is 19.2 Å². The number of nitrogens with one attached hydrogen (secondary N) is 2. The van der Waals surface area contributed by atoms with E-state index >= 15 is 0 Å². The number of benzene rings is 1. The molecule has 2 rings (SSSR count). The second-order valence-electron chi connectivity index (χ2n) is 4.67. The van der Waals surface area contributed by atoms with Crippen molar-refractivity contribution in [3.8, 4) is 5.75 Å². The summed E-state index contributed by atoms with van der Waals surface area (Å²) in [4.78, 5) is 12.2. The first-order chi connectivity index (χ1) is 10.5. The van der Waals surface area contributed by atoms with Gasteiger partial charge in [0.2, 0.25) is 5.91 Å².